The van der Waals surface area contributed by atoms with Gasteiger partial charge in [0.25, 0.3) is 0 Å². The summed E-state index contributed by atoms with van der Waals surface area (Å²) in [6.07, 6.45) is 1.73. The van der Waals surface area contributed by atoms with E-state index in [9.17, 15) is 12.8 Å². The van der Waals surface area contributed by atoms with Crippen LogP contribution in [0.4, 0.5) is 4.39 Å². The Morgan fingerprint density at radius 2 is 2.00 bits per heavy atom. The van der Waals surface area contributed by atoms with Crippen LogP contribution in [-0.2, 0) is 16.6 Å². The number of hydrogen-bond acceptors (Lipinski definition) is 3. The van der Waals surface area contributed by atoms with Gasteiger partial charge in [-0.2, -0.15) is 0 Å². The van der Waals surface area contributed by atoms with E-state index in [1.807, 2.05) is 20.8 Å². The standard InChI is InChI=1S/C15H25FN2O2S/c1-5-6-9-18(4)21(19,20)14-7-8-15(16)13(10-14)11-17-12(2)3/h7-8,10,12,17H,5-6,9,11H2,1-4H3. The van der Waals surface area contributed by atoms with Crippen LogP contribution in [0.15, 0.2) is 23.1 Å². The second-order valence-electron chi connectivity index (χ2n) is 5.47. The van der Waals surface area contributed by atoms with Crippen molar-refractivity contribution in [1.29, 1.82) is 0 Å². The first-order chi connectivity index (χ1) is 9.78. The first-order valence-electron chi connectivity index (χ1n) is 7.27. The van der Waals surface area contributed by atoms with Gasteiger partial charge in [-0.25, -0.2) is 17.1 Å². The number of rotatable bonds is 8. The van der Waals surface area contributed by atoms with Crippen molar-refractivity contribution in [1.82, 2.24) is 9.62 Å². The molecule has 0 bridgehead atoms. The lowest BCUT2D eigenvalue weighted by molar-refractivity contribution is 0.459. The zero-order valence-corrected chi connectivity index (χ0v) is 14.0. The number of benzene rings is 1. The van der Waals surface area contributed by atoms with E-state index in [4.69, 9.17) is 0 Å². The number of halogens is 1. The van der Waals surface area contributed by atoms with E-state index in [1.165, 1.54) is 22.5 Å². The van der Waals surface area contributed by atoms with Crippen molar-refractivity contribution in [2.45, 2.75) is 51.1 Å². The van der Waals surface area contributed by atoms with Gasteiger partial charge in [0.15, 0.2) is 0 Å². The third-order valence-electron chi connectivity index (χ3n) is 3.25. The van der Waals surface area contributed by atoms with Gasteiger partial charge >= 0.3 is 0 Å². The number of unbranched alkanes of at least 4 members (excludes halogenated alkanes) is 1. The second kappa shape index (κ2) is 7.87. The van der Waals surface area contributed by atoms with Gasteiger partial charge in [0, 0.05) is 31.7 Å². The van der Waals surface area contributed by atoms with Gasteiger partial charge in [0.2, 0.25) is 10.0 Å². The predicted octanol–water partition coefficient (Wildman–Crippen LogP) is 2.74. The summed E-state index contributed by atoms with van der Waals surface area (Å²) in [5, 5.41) is 3.10. The molecule has 0 amide bonds. The molecule has 21 heavy (non-hydrogen) atoms. The molecule has 0 heterocycles. The molecular weight excluding hydrogens is 291 g/mol. The summed E-state index contributed by atoms with van der Waals surface area (Å²) in [4.78, 5) is 0.142. The first kappa shape index (κ1) is 18.1. The van der Waals surface area contributed by atoms with E-state index in [0.29, 0.717) is 18.7 Å². The highest BCUT2D eigenvalue weighted by molar-refractivity contribution is 7.89. The molecule has 0 spiro atoms. The van der Waals surface area contributed by atoms with E-state index in [2.05, 4.69) is 5.32 Å². The van der Waals surface area contributed by atoms with Crippen LogP contribution in [0.1, 0.15) is 39.2 Å². The third kappa shape index (κ3) is 5.05. The van der Waals surface area contributed by atoms with Crippen molar-refractivity contribution in [2.75, 3.05) is 13.6 Å². The van der Waals surface area contributed by atoms with E-state index in [0.717, 1.165) is 12.8 Å². The minimum atomic E-state index is -3.55. The molecule has 1 N–H and O–H groups in total. The van der Waals surface area contributed by atoms with E-state index < -0.39 is 15.8 Å². The van der Waals surface area contributed by atoms with Crippen molar-refractivity contribution < 1.29 is 12.8 Å². The minimum Gasteiger partial charge on any atom is -0.310 e. The lowest BCUT2D eigenvalue weighted by Crippen LogP contribution is -2.28. The molecule has 0 aliphatic heterocycles. The third-order valence-corrected chi connectivity index (χ3v) is 5.11. The Labute approximate surface area is 127 Å². The molecule has 1 aromatic rings. The molecule has 0 aromatic heterocycles. The van der Waals surface area contributed by atoms with Gasteiger partial charge in [-0.05, 0) is 24.6 Å². The smallest absolute Gasteiger partial charge is 0.242 e. The van der Waals surface area contributed by atoms with Crippen LogP contribution in [-0.4, -0.2) is 32.4 Å². The number of nitrogens with one attached hydrogen (secondary N) is 1. The Bertz CT molecular complexity index is 559. The molecule has 0 radical (unpaired) electrons. The molecule has 0 unspecified atom stereocenters. The fourth-order valence-electron chi connectivity index (χ4n) is 1.84. The van der Waals surface area contributed by atoms with E-state index >= 15 is 0 Å². The monoisotopic (exact) mass is 316 g/mol. The maximum atomic E-state index is 13.8. The summed E-state index contributed by atoms with van der Waals surface area (Å²) >= 11 is 0. The molecule has 0 aliphatic carbocycles. The van der Waals surface area contributed by atoms with Crippen molar-refractivity contribution >= 4 is 10.0 Å². The van der Waals surface area contributed by atoms with Crippen LogP contribution in [0.5, 0.6) is 0 Å². The molecular formula is C15H25FN2O2S. The number of sulfonamides is 1. The lowest BCUT2D eigenvalue weighted by atomic mass is 10.2. The Morgan fingerprint density at radius 1 is 1.33 bits per heavy atom. The Kier molecular flexibility index (Phi) is 6.77. The zero-order valence-electron chi connectivity index (χ0n) is 13.2. The molecule has 0 fully saturated rings. The largest absolute Gasteiger partial charge is 0.310 e. The van der Waals surface area contributed by atoms with Crippen LogP contribution in [0.3, 0.4) is 0 Å². The summed E-state index contributed by atoms with van der Waals surface area (Å²) in [5.74, 6) is -0.390. The molecule has 0 saturated carbocycles. The van der Waals surface area contributed by atoms with Gasteiger partial charge in [-0.1, -0.05) is 27.2 Å². The highest BCUT2D eigenvalue weighted by Crippen LogP contribution is 2.19. The molecule has 1 rings (SSSR count). The van der Waals surface area contributed by atoms with E-state index in [1.54, 1.807) is 7.05 Å². The first-order valence-corrected chi connectivity index (χ1v) is 8.71. The normalized spacial score (nSPS) is 12.3. The van der Waals surface area contributed by atoms with Gasteiger partial charge in [-0.3, -0.25) is 0 Å². The quantitative estimate of drug-likeness (QED) is 0.802. The summed E-state index contributed by atoms with van der Waals surface area (Å²) < 4.78 is 39.9. The molecule has 0 saturated heterocycles. The topological polar surface area (TPSA) is 49.4 Å². The highest BCUT2D eigenvalue weighted by Gasteiger charge is 2.21. The van der Waals surface area contributed by atoms with Gasteiger partial charge in [0.1, 0.15) is 5.82 Å². The van der Waals surface area contributed by atoms with Crippen molar-refractivity contribution in [3.63, 3.8) is 0 Å². The number of nitrogens with zero attached hydrogens (tertiary/aromatic N) is 1. The highest BCUT2D eigenvalue weighted by atomic mass is 32.2. The fourth-order valence-corrected chi connectivity index (χ4v) is 3.10. The minimum absolute atomic E-state index is 0.142. The maximum absolute atomic E-state index is 13.8. The Morgan fingerprint density at radius 3 is 2.57 bits per heavy atom. The molecule has 120 valence electrons. The average molecular weight is 316 g/mol. The summed E-state index contributed by atoms with van der Waals surface area (Å²) in [6.45, 7) is 6.70. The average Bonchev–Trinajstić information content (AvgIpc) is 2.43. The zero-order chi connectivity index (χ0) is 16.0. The van der Waals surface area contributed by atoms with E-state index in [-0.39, 0.29) is 10.9 Å². The molecule has 6 heteroatoms. The Balaban J connectivity index is 2.99. The van der Waals surface area contributed by atoms with Gasteiger partial charge in [0.05, 0.1) is 4.90 Å². The van der Waals surface area contributed by atoms with Gasteiger partial charge < -0.3 is 5.32 Å². The second-order valence-corrected chi connectivity index (χ2v) is 7.51. The van der Waals surface area contributed by atoms with Crippen molar-refractivity contribution in [3.8, 4) is 0 Å². The van der Waals surface area contributed by atoms with Crippen LogP contribution in [0, 0.1) is 5.82 Å². The summed E-state index contributed by atoms with van der Waals surface area (Å²) in [7, 11) is -1.99. The fraction of sp³-hybridized carbons (Fsp3) is 0.600. The molecule has 0 aliphatic rings. The predicted molar refractivity (Wildman–Crippen MR) is 83.1 cm³/mol. The van der Waals surface area contributed by atoms with Crippen LogP contribution < -0.4 is 5.32 Å². The summed E-state index contributed by atoms with van der Waals surface area (Å²) in [6, 6.07) is 4.17. The SMILES string of the molecule is CCCCN(C)S(=O)(=O)c1ccc(F)c(CNC(C)C)c1. The van der Waals surface area contributed by atoms with Gasteiger partial charge in [-0.15, -0.1) is 0 Å². The van der Waals surface area contributed by atoms with Crippen molar-refractivity contribution in [2.24, 2.45) is 0 Å². The van der Waals surface area contributed by atoms with Crippen LogP contribution >= 0.6 is 0 Å². The Hall–Kier alpha value is -0.980. The number of hydrogen-bond donors (Lipinski definition) is 1. The van der Waals surface area contributed by atoms with Crippen LogP contribution in [0.25, 0.3) is 0 Å². The molecule has 4 nitrogen and oxygen atoms in total. The van der Waals surface area contributed by atoms with Crippen LogP contribution in [0.2, 0.25) is 0 Å². The maximum Gasteiger partial charge on any atom is 0.242 e. The lowest BCUT2D eigenvalue weighted by Gasteiger charge is -2.18. The summed E-state index contributed by atoms with van der Waals surface area (Å²) in [5.41, 5.74) is 0.369. The molecule has 1 aromatic carbocycles. The van der Waals surface area contributed by atoms with Crippen molar-refractivity contribution in [3.05, 3.63) is 29.6 Å². The molecule has 0 atom stereocenters.